The zero-order chi connectivity index (χ0) is 12.0. The quantitative estimate of drug-likeness (QED) is 0.515. The summed E-state index contributed by atoms with van der Waals surface area (Å²) in [4.78, 5) is 21.8. The Morgan fingerprint density at radius 3 is 2.44 bits per heavy atom. The summed E-state index contributed by atoms with van der Waals surface area (Å²) in [6.45, 7) is 1.47. The first-order chi connectivity index (χ1) is 7.59. The van der Waals surface area contributed by atoms with Crippen molar-refractivity contribution >= 4 is 23.3 Å². The monoisotopic (exact) mass is 220 g/mol. The van der Waals surface area contributed by atoms with Crippen molar-refractivity contribution in [3.05, 3.63) is 30.3 Å². The van der Waals surface area contributed by atoms with E-state index in [1.165, 1.54) is 6.92 Å². The number of amides is 3. The molecule has 0 atom stereocenters. The third kappa shape index (κ3) is 3.79. The van der Waals surface area contributed by atoms with Gasteiger partial charge in [0, 0.05) is 5.69 Å². The molecule has 0 radical (unpaired) electrons. The summed E-state index contributed by atoms with van der Waals surface area (Å²) in [6, 6.07) is 8.10. The number of nitrogens with one attached hydrogen (secondary N) is 2. The van der Waals surface area contributed by atoms with Gasteiger partial charge in [-0.25, -0.2) is 10.2 Å². The highest BCUT2D eigenvalue weighted by Gasteiger charge is 2.06. The maximum atomic E-state index is 11.5. The number of benzene rings is 1. The van der Waals surface area contributed by atoms with Crippen molar-refractivity contribution in [1.82, 2.24) is 5.43 Å². The summed E-state index contributed by atoms with van der Waals surface area (Å²) in [5, 5.41) is 6.10. The van der Waals surface area contributed by atoms with Gasteiger partial charge < -0.3 is 11.1 Å². The van der Waals surface area contributed by atoms with E-state index in [2.05, 4.69) is 10.4 Å². The molecule has 6 nitrogen and oxygen atoms in total. The van der Waals surface area contributed by atoms with Crippen LogP contribution < -0.4 is 16.5 Å². The molecule has 84 valence electrons. The molecule has 0 unspecified atom stereocenters. The number of rotatable bonds is 3. The normalized spacial score (nSPS) is 10.7. The van der Waals surface area contributed by atoms with Gasteiger partial charge in [0.15, 0.2) is 0 Å². The van der Waals surface area contributed by atoms with Crippen LogP contribution in [-0.2, 0) is 4.79 Å². The Bertz CT molecular complexity index is 414. The fourth-order valence-electron chi connectivity index (χ4n) is 0.933. The van der Waals surface area contributed by atoms with Crippen molar-refractivity contribution in [1.29, 1.82) is 0 Å². The van der Waals surface area contributed by atoms with Crippen LogP contribution in [0.25, 0.3) is 0 Å². The van der Waals surface area contributed by atoms with Gasteiger partial charge in [0.05, 0.1) is 0 Å². The Kier molecular flexibility index (Phi) is 4.02. The smallest absolute Gasteiger partial charge is 0.332 e. The number of urea groups is 1. The molecular formula is C10H12N4O2. The van der Waals surface area contributed by atoms with Crippen molar-refractivity contribution in [2.45, 2.75) is 6.92 Å². The summed E-state index contributed by atoms with van der Waals surface area (Å²) in [5.74, 6) is -0.403. The molecule has 0 aliphatic carbocycles. The average Bonchev–Trinajstić information content (AvgIpc) is 2.27. The van der Waals surface area contributed by atoms with Gasteiger partial charge >= 0.3 is 6.03 Å². The molecule has 16 heavy (non-hydrogen) atoms. The van der Waals surface area contributed by atoms with E-state index in [0.29, 0.717) is 5.69 Å². The van der Waals surface area contributed by atoms with Crippen LogP contribution in [0.2, 0.25) is 0 Å². The van der Waals surface area contributed by atoms with E-state index in [1.54, 1.807) is 24.3 Å². The number of carbonyl (C=O) groups excluding carboxylic acids is 2. The first-order valence-corrected chi connectivity index (χ1v) is 4.55. The Hall–Kier alpha value is -2.37. The third-order valence-electron chi connectivity index (χ3n) is 1.69. The minimum atomic E-state index is -0.813. The number of carbonyl (C=O) groups is 2. The Morgan fingerprint density at radius 1 is 1.25 bits per heavy atom. The first kappa shape index (κ1) is 11.7. The molecule has 0 fully saturated rings. The highest BCUT2D eigenvalue weighted by atomic mass is 16.2. The van der Waals surface area contributed by atoms with Crippen molar-refractivity contribution in [3.8, 4) is 0 Å². The standard InChI is InChI=1S/C10H12N4O2/c1-7(13-14-10(11)16)9(15)12-8-5-3-2-4-6-8/h2-6H,1H3,(H,12,15)(H3,11,14,16)/b13-7-. The van der Waals surface area contributed by atoms with Crippen LogP contribution in [0, 0.1) is 0 Å². The van der Waals surface area contributed by atoms with E-state index in [4.69, 9.17) is 5.73 Å². The molecule has 0 aromatic heterocycles. The molecule has 0 bridgehead atoms. The van der Waals surface area contributed by atoms with Crippen LogP contribution in [0.4, 0.5) is 10.5 Å². The van der Waals surface area contributed by atoms with E-state index in [0.717, 1.165) is 0 Å². The summed E-state index contributed by atoms with van der Waals surface area (Å²) in [5.41, 5.74) is 7.55. The van der Waals surface area contributed by atoms with Gasteiger partial charge in [-0.1, -0.05) is 18.2 Å². The lowest BCUT2D eigenvalue weighted by atomic mass is 10.3. The van der Waals surface area contributed by atoms with E-state index >= 15 is 0 Å². The van der Waals surface area contributed by atoms with E-state index < -0.39 is 11.9 Å². The molecule has 0 aliphatic rings. The molecule has 0 aliphatic heterocycles. The van der Waals surface area contributed by atoms with Gasteiger partial charge in [0.2, 0.25) is 0 Å². The van der Waals surface area contributed by atoms with E-state index in [-0.39, 0.29) is 5.71 Å². The predicted octanol–water partition coefficient (Wildman–Crippen LogP) is 0.669. The molecule has 1 aromatic carbocycles. The van der Waals surface area contributed by atoms with Crippen molar-refractivity contribution in [2.75, 3.05) is 5.32 Å². The maximum Gasteiger partial charge on any atom is 0.332 e. The number of para-hydroxylation sites is 1. The summed E-state index contributed by atoms with van der Waals surface area (Å²) in [7, 11) is 0. The summed E-state index contributed by atoms with van der Waals surface area (Å²) in [6.07, 6.45) is 0. The molecule has 0 heterocycles. The third-order valence-corrected chi connectivity index (χ3v) is 1.69. The van der Waals surface area contributed by atoms with Crippen molar-refractivity contribution in [2.24, 2.45) is 10.8 Å². The molecule has 0 saturated carbocycles. The molecule has 4 N–H and O–H groups in total. The topological polar surface area (TPSA) is 96.6 Å². The van der Waals surface area contributed by atoms with Gasteiger partial charge in [-0.15, -0.1) is 0 Å². The van der Waals surface area contributed by atoms with Gasteiger partial charge in [0.1, 0.15) is 5.71 Å². The molecular weight excluding hydrogens is 208 g/mol. The lowest BCUT2D eigenvalue weighted by molar-refractivity contribution is -0.110. The highest BCUT2D eigenvalue weighted by molar-refractivity contribution is 6.42. The minimum Gasteiger partial charge on any atom is -0.350 e. The second kappa shape index (κ2) is 5.50. The number of nitrogens with two attached hydrogens (primary N) is 1. The summed E-state index contributed by atoms with van der Waals surface area (Å²) >= 11 is 0. The van der Waals surface area contributed by atoms with Gasteiger partial charge in [0.25, 0.3) is 5.91 Å². The van der Waals surface area contributed by atoms with Crippen molar-refractivity contribution < 1.29 is 9.59 Å². The van der Waals surface area contributed by atoms with Gasteiger partial charge in [-0.3, -0.25) is 4.79 Å². The van der Waals surface area contributed by atoms with Gasteiger partial charge in [-0.2, -0.15) is 5.10 Å². The number of primary amides is 1. The van der Waals surface area contributed by atoms with Crippen LogP contribution in [0.3, 0.4) is 0 Å². The molecule has 0 saturated heterocycles. The van der Waals surface area contributed by atoms with E-state index in [1.807, 2.05) is 11.5 Å². The minimum absolute atomic E-state index is 0.114. The lowest BCUT2D eigenvalue weighted by Crippen LogP contribution is -2.28. The summed E-state index contributed by atoms with van der Waals surface area (Å²) < 4.78 is 0. The average molecular weight is 220 g/mol. The van der Waals surface area contributed by atoms with E-state index in [9.17, 15) is 9.59 Å². The molecule has 6 heteroatoms. The van der Waals surface area contributed by atoms with Crippen molar-refractivity contribution in [3.63, 3.8) is 0 Å². The number of hydrogen-bond acceptors (Lipinski definition) is 3. The fraction of sp³-hybridized carbons (Fsp3) is 0.100. The molecule has 1 rings (SSSR count). The first-order valence-electron chi connectivity index (χ1n) is 4.55. The molecule has 1 aromatic rings. The number of anilines is 1. The SMILES string of the molecule is C/C(=N/NC(N)=O)C(=O)Nc1ccccc1. The zero-order valence-electron chi connectivity index (χ0n) is 8.73. The highest BCUT2D eigenvalue weighted by Crippen LogP contribution is 2.04. The molecule has 3 amide bonds. The lowest BCUT2D eigenvalue weighted by Gasteiger charge is -2.03. The number of hydrazone groups is 1. The zero-order valence-corrected chi connectivity index (χ0v) is 8.73. The van der Waals surface area contributed by atoms with Crippen LogP contribution in [0.5, 0.6) is 0 Å². The maximum absolute atomic E-state index is 11.5. The second-order valence-corrected chi connectivity index (χ2v) is 2.99. The largest absolute Gasteiger partial charge is 0.350 e. The second-order valence-electron chi connectivity index (χ2n) is 2.99. The Morgan fingerprint density at radius 2 is 1.88 bits per heavy atom. The Balaban J connectivity index is 2.59. The predicted molar refractivity (Wildman–Crippen MR) is 60.9 cm³/mol. The van der Waals surface area contributed by atoms with Crippen LogP contribution in [0.15, 0.2) is 35.4 Å². The number of nitrogens with zero attached hydrogens (tertiary/aromatic N) is 1. The molecule has 0 spiro atoms. The van der Waals surface area contributed by atoms with Crippen LogP contribution in [-0.4, -0.2) is 17.6 Å². The van der Waals surface area contributed by atoms with Gasteiger partial charge in [-0.05, 0) is 19.1 Å². The fourth-order valence-corrected chi connectivity index (χ4v) is 0.933. The Labute approximate surface area is 92.5 Å². The van der Waals surface area contributed by atoms with Crippen LogP contribution in [0.1, 0.15) is 6.92 Å². The number of hydrogen-bond donors (Lipinski definition) is 3. The van der Waals surface area contributed by atoms with Crippen LogP contribution >= 0.6 is 0 Å².